The molecule has 0 aliphatic carbocycles. The van der Waals surface area contributed by atoms with Crippen molar-refractivity contribution in [2.45, 2.75) is 12.8 Å². The van der Waals surface area contributed by atoms with Crippen LogP contribution in [0.25, 0.3) is 22.3 Å². The van der Waals surface area contributed by atoms with E-state index in [4.69, 9.17) is 14.7 Å². The number of hydrogen-bond donors (Lipinski definition) is 0. The number of anilines is 2. The van der Waals surface area contributed by atoms with Crippen molar-refractivity contribution in [3.05, 3.63) is 83.4 Å². The number of fused-ring (bicyclic) bond motifs is 2. The van der Waals surface area contributed by atoms with E-state index in [1.54, 1.807) is 36.4 Å². The SMILES string of the molecule is COC(=O)c1ccc2nc(-c3ccc(F)cc3)c(N3CCCc4ccc(F)cc43)nc2c1. The number of esters is 1. The van der Waals surface area contributed by atoms with E-state index in [9.17, 15) is 13.6 Å². The van der Waals surface area contributed by atoms with Gasteiger partial charge in [-0.15, -0.1) is 0 Å². The fourth-order valence-corrected chi connectivity index (χ4v) is 4.05. The second kappa shape index (κ2) is 8.00. The van der Waals surface area contributed by atoms with Crippen molar-refractivity contribution in [1.82, 2.24) is 9.97 Å². The highest BCUT2D eigenvalue weighted by Gasteiger charge is 2.24. The van der Waals surface area contributed by atoms with Gasteiger partial charge in [0.1, 0.15) is 17.3 Å². The molecule has 2 heterocycles. The third-order valence-corrected chi connectivity index (χ3v) is 5.61. The summed E-state index contributed by atoms with van der Waals surface area (Å²) < 4.78 is 32.5. The lowest BCUT2D eigenvalue weighted by molar-refractivity contribution is 0.0601. The molecule has 5 nitrogen and oxygen atoms in total. The summed E-state index contributed by atoms with van der Waals surface area (Å²) >= 11 is 0. The monoisotopic (exact) mass is 431 g/mol. The average molecular weight is 431 g/mol. The fourth-order valence-electron chi connectivity index (χ4n) is 4.05. The van der Waals surface area contributed by atoms with Crippen LogP contribution in [-0.2, 0) is 11.2 Å². The van der Waals surface area contributed by atoms with Gasteiger partial charge in [0.15, 0.2) is 5.82 Å². The van der Waals surface area contributed by atoms with Gasteiger partial charge in [0.2, 0.25) is 0 Å². The van der Waals surface area contributed by atoms with Crippen LogP contribution in [0.4, 0.5) is 20.3 Å². The van der Waals surface area contributed by atoms with E-state index in [0.29, 0.717) is 40.2 Å². The normalized spacial score (nSPS) is 13.2. The number of rotatable bonds is 3. The van der Waals surface area contributed by atoms with Gasteiger partial charge in [-0.05, 0) is 73.0 Å². The first-order chi connectivity index (χ1) is 15.5. The molecule has 4 aromatic rings. The fraction of sp³-hybridized carbons (Fsp3) is 0.160. The Morgan fingerprint density at radius 1 is 0.938 bits per heavy atom. The van der Waals surface area contributed by atoms with Gasteiger partial charge >= 0.3 is 5.97 Å². The second-order valence-electron chi connectivity index (χ2n) is 7.63. The van der Waals surface area contributed by atoms with Crippen LogP contribution in [0.2, 0.25) is 0 Å². The predicted molar refractivity (Wildman–Crippen MR) is 118 cm³/mol. The number of benzene rings is 3. The molecule has 1 aromatic heterocycles. The van der Waals surface area contributed by atoms with Crippen LogP contribution in [-0.4, -0.2) is 29.6 Å². The molecule has 0 unspecified atom stereocenters. The molecule has 0 spiro atoms. The Hall–Kier alpha value is -3.87. The van der Waals surface area contributed by atoms with E-state index in [1.807, 2.05) is 4.90 Å². The molecule has 0 bridgehead atoms. The van der Waals surface area contributed by atoms with Gasteiger partial charge in [-0.3, -0.25) is 0 Å². The first-order valence-electron chi connectivity index (χ1n) is 10.3. The second-order valence-corrected chi connectivity index (χ2v) is 7.63. The van der Waals surface area contributed by atoms with Gasteiger partial charge in [-0.2, -0.15) is 0 Å². The van der Waals surface area contributed by atoms with Crippen LogP contribution >= 0.6 is 0 Å². The zero-order valence-corrected chi connectivity index (χ0v) is 17.3. The number of hydrogen-bond acceptors (Lipinski definition) is 5. The van der Waals surface area contributed by atoms with Gasteiger partial charge in [0, 0.05) is 17.8 Å². The lowest BCUT2D eigenvalue weighted by atomic mass is 10.0. The molecule has 160 valence electrons. The summed E-state index contributed by atoms with van der Waals surface area (Å²) in [6, 6.07) is 15.7. The van der Waals surface area contributed by atoms with Crippen molar-refractivity contribution in [1.29, 1.82) is 0 Å². The Bertz CT molecular complexity index is 1340. The molecule has 0 saturated heterocycles. The van der Waals surface area contributed by atoms with Crippen molar-refractivity contribution in [2.24, 2.45) is 0 Å². The lowest BCUT2D eigenvalue weighted by Crippen LogP contribution is -2.26. The summed E-state index contributed by atoms with van der Waals surface area (Å²) in [6.07, 6.45) is 1.70. The van der Waals surface area contributed by atoms with Crippen molar-refractivity contribution in [2.75, 3.05) is 18.6 Å². The number of nitrogens with zero attached hydrogens (tertiary/aromatic N) is 3. The Morgan fingerprint density at radius 3 is 2.50 bits per heavy atom. The van der Waals surface area contributed by atoms with E-state index in [-0.39, 0.29) is 11.6 Å². The highest BCUT2D eigenvalue weighted by Crippen LogP contribution is 2.38. The summed E-state index contributed by atoms with van der Waals surface area (Å²) in [5, 5.41) is 0. The number of aromatic nitrogens is 2. The average Bonchev–Trinajstić information content (AvgIpc) is 2.82. The molecule has 0 saturated carbocycles. The van der Waals surface area contributed by atoms with Crippen molar-refractivity contribution in [3.8, 4) is 11.3 Å². The van der Waals surface area contributed by atoms with Crippen LogP contribution < -0.4 is 4.90 Å². The van der Waals surface area contributed by atoms with E-state index < -0.39 is 5.97 Å². The zero-order valence-electron chi connectivity index (χ0n) is 17.3. The van der Waals surface area contributed by atoms with E-state index >= 15 is 0 Å². The number of halogens is 2. The van der Waals surface area contributed by atoms with Crippen LogP contribution in [0.15, 0.2) is 60.7 Å². The number of methoxy groups -OCH3 is 1. The molecule has 0 N–H and O–H groups in total. The molecule has 0 amide bonds. The van der Waals surface area contributed by atoms with Gasteiger partial charge in [0.05, 0.1) is 23.7 Å². The summed E-state index contributed by atoms with van der Waals surface area (Å²) in [5.74, 6) is -0.626. The van der Waals surface area contributed by atoms with Crippen LogP contribution in [0.1, 0.15) is 22.3 Å². The standard InChI is InChI=1S/C25H19F2N3O2/c1-32-25(31)17-7-11-20-21(13-17)29-24(23(28-20)16-5-8-18(26)9-6-16)30-12-2-3-15-4-10-19(27)14-22(15)30/h4-11,13-14H,2-3,12H2,1H3. The number of carbonyl (C=O) groups is 1. The third kappa shape index (κ3) is 3.56. The molecule has 7 heteroatoms. The molecule has 3 aromatic carbocycles. The smallest absolute Gasteiger partial charge is 0.337 e. The molecule has 0 atom stereocenters. The molecule has 32 heavy (non-hydrogen) atoms. The number of carbonyl (C=O) groups excluding carboxylic acids is 1. The Balaban J connectivity index is 1.75. The molecular formula is C25H19F2N3O2. The predicted octanol–water partition coefficient (Wildman–Crippen LogP) is 5.45. The highest BCUT2D eigenvalue weighted by molar-refractivity contribution is 5.95. The Kier molecular flexibility index (Phi) is 5.01. The first-order valence-corrected chi connectivity index (χ1v) is 10.3. The molecule has 0 fully saturated rings. The summed E-state index contributed by atoms with van der Waals surface area (Å²) in [4.78, 5) is 23.6. The minimum Gasteiger partial charge on any atom is -0.465 e. The summed E-state index contributed by atoms with van der Waals surface area (Å²) in [6.45, 7) is 0.627. The number of aryl methyl sites for hydroxylation is 1. The Labute approximate surface area is 183 Å². The third-order valence-electron chi connectivity index (χ3n) is 5.61. The van der Waals surface area contributed by atoms with Crippen molar-refractivity contribution >= 4 is 28.5 Å². The maximum atomic E-state index is 14.1. The Morgan fingerprint density at radius 2 is 1.72 bits per heavy atom. The van der Waals surface area contributed by atoms with Crippen molar-refractivity contribution in [3.63, 3.8) is 0 Å². The number of ether oxygens (including phenoxy) is 1. The summed E-state index contributed by atoms with van der Waals surface area (Å²) in [7, 11) is 1.32. The zero-order chi connectivity index (χ0) is 22.2. The highest BCUT2D eigenvalue weighted by atomic mass is 19.1. The van der Waals surface area contributed by atoms with Gasteiger partial charge < -0.3 is 9.64 Å². The molecule has 0 radical (unpaired) electrons. The van der Waals surface area contributed by atoms with Gasteiger partial charge in [0.25, 0.3) is 0 Å². The van der Waals surface area contributed by atoms with Gasteiger partial charge in [-0.1, -0.05) is 6.07 Å². The minimum absolute atomic E-state index is 0.333. The molecule has 5 rings (SSSR count). The first kappa shape index (κ1) is 20.1. The van der Waals surface area contributed by atoms with E-state index in [0.717, 1.165) is 24.1 Å². The van der Waals surface area contributed by atoms with Crippen LogP contribution in [0.5, 0.6) is 0 Å². The largest absolute Gasteiger partial charge is 0.465 e. The molecule has 1 aliphatic rings. The van der Waals surface area contributed by atoms with Gasteiger partial charge in [-0.25, -0.2) is 23.5 Å². The summed E-state index contributed by atoms with van der Waals surface area (Å²) in [5.41, 5.74) is 4.46. The van der Waals surface area contributed by atoms with E-state index in [1.165, 1.54) is 31.4 Å². The topological polar surface area (TPSA) is 55.3 Å². The lowest BCUT2D eigenvalue weighted by Gasteiger charge is -2.31. The van der Waals surface area contributed by atoms with Crippen LogP contribution in [0, 0.1) is 11.6 Å². The molecule has 1 aliphatic heterocycles. The molecular weight excluding hydrogens is 412 g/mol. The van der Waals surface area contributed by atoms with Crippen LogP contribution in [0.3, 0.4) is 0 Å². The maximum absolute atomic E-state index is 14.1. The quantitative estimate of drug-likeness (QED) is 0.404. The van der Waals surface area contributed by atoms with Crippen molar-refractivity contribution < 1.29 is 18.3 Å². The minimum atomic E-state index is -0.469. The van der Waals surface area contributed by atoms with E-state index in [2.05, 4.69) is 0 Å². The maximum Gasteiger partial charge on any atom is 0.337 e.